The Labute approximate surface area is 78.4 Å². The Hall–Kier alpha value is -0.630. The molecule has 0 unspecified atom stereocenters. The zero-order valence-electron chi connectivity index (χ0n) is 7.42. The molecule has 0 radical (unpaired) electrons. The smallest absolute Gasteiger partial charge is 0.0314 e. The average molecular weight is 181 g/mol. The third-order valence-corrected chi connectivity index (χ3v) is 2.49. The molecule has 0 saturated heterocycles. The van der Waals surface area contributed by atoms with Gasteiger partial charge in [0.1, 0.15) is 0 Å². The summed E-state index contributed by atoms with van der Waals surface area (Å²) in [6.45, 7) is 0. The summed E-state index contributed by atoms with van der Waals surface area (Å²) in [4.78, 5) is 0. The number of rotatable bonds is 4. The topological polar surface area (TPSA) is 26.0 Å². The summed E-state index contributed by atoms with van der Waals surface area (Å²) in [6.07, 6.45) is 4.56. The van der Waals surface area contributed by atoms with Crippen LogP contribution in [0.3, 0.4) is 0 Å². The highest BCUT2D eigenvalue weighted by Gasteiger charge is 1.91. The highest BCUT2D eigenvalue weighted by atomic mass is 32.2. The van der Waals surface area contributed by atoms with Gasteiger partial charge in [-0.2, -0.15) is 11.8 Å². The normalized spacial score (nSPS) is 10.1. The van der Waals surface area contributed by atoms with E-state index in [-0.39, 0.29) is 0 Å². The molecule has 66 valence electrons. The maximum absolute atomic E-state index is 5.58. The van der Waals surface area contributed by atoms with E-state index in [1.165, 1.54) is 24.2 Å². The molecule has 1 nitrogen and oxygen atoms in total. The van der Waals surface area contributed by atoms with Gasteiger partial charge < -0.3 is 5.73 Å². The summed E-state index contributed by atoms with van der Waals surface area (Å²) in [6, 6.07) is 8.15. The van der Waals surface area contributed by atoms with Gasteiger partial charge in [-0.3, -0.25) is 0 Å². The molecule has 0 heterocycles. The number of hydrogen-bond acceptors (Lipinski definition) is 2. The van der Waals surface area contributed by atoms with Crippen LogP contribution in [0.25, 0.3) is 0 Å². The molecular weight excluding hydrogens is 166 g/mol. The fourth-order valence-corrected chi connectivity index (χ4v) is 1.54. The van der Waals surface area contributed by atoms with Crippen molar-refractivity contribution in [2.45, 2.75) is 12.8 Å². The van der Waals surface area contributed by atoms with Crippen LogP contribution in [0.2, 0.25) is 0 Å². The first-order valence-electron chi connectivity index (χ1n) is 4.16. The largest absolute Gasteiger partial charge is 0.399 e. The van der Waals surface area contributed by atoms with E-state index in [0.29, 0.717) is 0 Å². The quantitative estimate of drug-likeness (QED) is 0.570. The van der Waals surface area contributed by atoms with Crippen molar-refractivity contribution in [3.05, 3.63) is 29.8 Å². The predicted octanol–water partition coefficient (Wildman–Crippen LogP) is 2.56. The van der Waals surface area contributed by atoms with Crippen LogP contribution in [0.5, 0.6) is 0 Å². The van der Waals surface area contributed by atoms with Crippen molar-refractivity contribution in [3.8, 4) is 0 Å². The summed E-state index contributed by atoms with van der Waals surface area (Å²) in [7, 11) is 0. The average Bonchev–Trinajstić information content (AvgIpc) is 2.09. The van der Waals surface area contributed by atoms with E-state index in [4.69, 9.17) is 5.73 Å². The first kappa shape index (κ1) is 9.46. The molecule has 1 aromatic carbocycles. The highest BCUT2D eigenvalue weighted by Crippen LogP contribution is 2.08. The number of nitrogens with two attached hydrogens (primary N) is 1. The van der Waals surface area contributed by atoms with Crippen LogP contribution >= 0.6 is 11.8 Å². The van der Waals surface area contributed by atoms with Crippen LogP contribution in [0.4, 0.5) is 5.69 Å². The number of hydrogen-bond donors (Lipinski definition) is 1. The van der Waals surface area contributed by atoms with E-state index in [9.17, 15) is 0 Å². The first-order valence-corrected chi connectivity index (χ1v) is 5.55. The van der Waals surface area contributed by atoms with E-state index in [2.05, 4.69) is 18.4 Å². The summed E-state index contributed by atoms with van der Waals surface area (Å²) >= 11 is 1.90. The van der Waals surface area contributed by atoms with E-state index >= 15 is 0 Å². The highest BCUT2D eigenvalue weighted by molar-refractivity contribution is 7.98. The minimum Gasteiger partial charge on any atom is -0.399 e. The molecule has 2 heteroatoms. The minimum absolute atomic E-state index is 0.851. The van der Waals surface area contributed by atoms with Gasteiger partial charge in [0.15, 0.2) is 0 Å². The first-order chi connectivity index (χ1) is 5.83. The molecule has 12 heavy (non-hydrogen) atoms. The molecule has 0 saturated carbocycles. The van der Waals surface area contributed by atoms with E-state index in [0.717, 1.165) is 5.69 Å². The van der Waals surface area contributed by atoms with Crippen molar-refractivity contribution < 1.29 is 0 Å². The summed E-state index contributed by atoms with van der Waals surface area (Å²) in [5, 5.41) is 0. The standard InChI is InChI=1S/C10H15NS/c1-12-8-2-3-9-4-6-10(11)7-5-9/h4-7H,2-3,8,11H2,1H3. The van der Waals surface area contributed by atoms with Gasteiger partial charge in [-0.15, -0.1) is 0 Å². The van der Waals surface area contributed by atoms with Crippen molar-refractivity contribution in [1.29, 1.82) is 0 Å². The number of benzene rings is 1. The molecule has 0 amide bonds. The summed E-state index contributed by atoms with van der Waals surface area (Å²) < 4.78 is 0. The van der Waals surface area contributed by atoms with Crippen molar-refractivity contribution in [1.82, 2.24) is 0 Å². The second-order valence-corrected chi connectivity index (χ2v) is 3.82. The fourth-order valence-electron chi connectivity index (χ4n) is 1.10. The molecule has 0 atom stereocenters. The lowest BCUT2D eigenvalue weighted by Crippen LogP contribution is -1.89. The molecule has 0 aliphatic rings. The van der Waals surface area contributed by atoms with Gasteiger partial charge in [0.25, 0.3) is 0 Å². The Bertz CT molecular complexity index is 218. The van der Waals surface area contributed by atoms with Gasteiger partial charge in [0.05, 0.1) is 0 Å². The van der Waals surface area contributed by atoms with Crippen molar-refractivity contribution in [2.24, 2.45) is 0 Å². The SMILES string of the molecule is CSCCCc1ccc(N)cc1. The molecule has 1 rings (SSSR count). The van der Waals surface area contributed by atoms with Crippen LogP contribution < -0.4 is 5.73 Å². The van der Waals surface area contributed by atoms with E-state index in [1.54, 1.807) is 0 Å². The van der Waals surface area contributed by atoms with Crippen molar-refractivity contribution in [2.75, 3.05) is 17.7 Å². The van der Waals surface area contributed by atoms with Gasteiger partial charge in [-0.1, -0.05) is 12.1 Å². The maximum Gasteiger partial charge on any atom is 0.0314 e. The fraction of sp³-hybridized carbons (Fsp3) is 0.400. The van der Waals surface area contributed by atoms with Gasteiger partial charge >= 0.3 is 0 Å². The minimum atomic E-state index is 0.851. The second-order valence-electron chi connectivity index (χ2n) is 2.84. The third kappa shape index (κ3) is 3.18. The lowest BCUT2D eigenvalue weighted by Gasteiger charge is -2.00. The van der Waals surface area contributed by atoms with Crippen molar-refractivity contribution >= 4 is 17.4 Å². The Morgan fingerprint density at radius 2 is 1.92 bits per heavy atom. The molecule has 0 aliphatic carbocycles. The van der Waals surface area contributed by atoms with Gasteiger partial charge in [0.2, 0.25) is 0 Å². The molecule has 0 bridgehead atoms. The molecule has 0 aromatic heterocycles. The molecule has 1 aromatic rings. The van der Waals surface area contributed by atoms with Crippen LogP contribution in [0, 0.1) is 0 Å². The summed E-state index contributed by atoms with van der Waals surface area (Å²) in [5.74, 6) is 1.24. The maximum atomic E-state index is 5.58. The number of aryl methyl sites for hydroxylation is 1. The lowest BCUT2D eigenvalue weighted by molar-refractivity contribution is 0.935. The van der Waals surface area contributed by atoms with Crippen LogP contribution in [-0.2, 0) is 6.42 Å². The number of nitrogen functional groups attached to an aromatic ring is 1. The van der Waals surface area contributed by atoms with Crippen LogP contribution in [0.15, 0.2) is 24.3 Å². The zero-order valence-corrected chi connectivity index (χ0v) is 8.23. The Kier molecular flexibility index (Phi) is 4.01. The Morgan fingerprint density at radius 1 is 1.25 bits per heavy atom. The monoisotopic (exact) mass is 181 g/mol. The van der Waals surface area contributed by atoms with Crippen LogP contribution in [-0.4, -0.2) is 12.0 Å². The zero-order chi connectivity index (χ0) is 8.81. The molecule has 2 N–H and O–H groups in total. The van der Waals surface area contributed by atoms with E-state index in [1.807, 2.05) is 23.9 Å². The summed E-state index contributed by atoms with van der Waals surface area (Å²) in [5.41, 5.74) is 7.82. The Morgan fingerprint density at radius 3 is 2.50 bits per heavy atom. The lowest BCUT2D eigenvalue weighted by atomic mass is 10.1. The second kappa shape index (κ2) is 5.09. The number of thioether (sulfide) groups is 1. The van der Waals surface area contributed by atoms with Gasteiger partial charge in [-0.25, -0.2) is 0 Å². The van der Waals surface area contributed by atoms with Gasteiger partial charge in [0, 0.05) is 5.69 Å². The van der Waals surface area contributed by atoms with Gasteiger partial charge in [-0.05, 0) is 42.5 Å². The molecule has 0 spiro atoms. The van der Waals surface area contributed by atoms with Crippen molar-refractivity contribution in [3.63, 3.8) is 0 Å². The van der Waals surface area contributed by atoms with Crippen LogP contribution in [0.1, 0.15) is 12.0 Å². The third-order valence-electron chi connectivity index (χ3n) is 1.79. The Balaban J connectivity index is 2.37. The van der Waals surface area contributed by atoms with E-state index < -0.39 is 0 Å². The molecule has 0 fully saturated rings. The molecular formula is C10H15NS. The molecule has 0 aliphatic heterocycles. The number of anilines is 1. The predicted molar refractivity (Wildman–Crippen MR) is 57.6 cm³/mol.